The number of ether oxygens (including phenoxy) is 1. The molecule has 2 aromatic rings. The predicted octanol–water partition coefficient (Wildman–Crippen LogP) is 4.44. The van der Waals surface area contributed by atoms with Gasteiger partial charge in [0.2, 0.25) is 0 Å². The van der Waals surface area contributed by atoms with Crippen LogP contribution in [-0.4, -0.2) is 14.2 Å². The van der Waals surface area contributed by atoms with Crippen molar-refractivity contribution >= 4 is 27.3 Å². The van der Waals surface area contributed by atoms with Crippen LogP contribution < -0.4 is 10.1 Å². The lowest BCUT2D eigenvalue weighted by Crippen LogP contribution is -2.17. The molecule has 0 spiro atoms. The molecule has 0 amide bonds. The molecule has 0 aliphatic carbocycles. The summed E-state index contributed by atoms with van der Waals surface area (Å²) < 4.78 is 6.59. The molecule has 2 nitrogen and oxygen atoms in total. The van der Waals surface area contributed by atoms with Crippen molar-refractivity contribution in [2.24, 2.45) is 0 Å². The van der Waals surface area contributed by atoms with Gasteiger partial charge in [-0.2, -0.15) is 0 Å². The Hall–Kier alpha value is -0.840. The zero-order valence-corrected chi connectivity index (χ0v) is 14.0. The molecular weight excluding hydrogens is 322 g/mol. The van der Waals surface area contributed by atoms with Crippen LogP contribution in [0.4, 0.5) is 0 Å². The number of hydrogen-bond acceptors (Lipinski definition) is 3. The minimum Gasteiger partial charge on any atom is -0.496 e. The van der Waals surface area contributed by atoms with Crippen molar-refractivity contribution in [2.45, 2.75) is 19.9 Å². The second-order valence-corrected chi connectivity index (χ2v) is 6.88. The lowest BCUT2D eigenvalue weighted by molar-refractivity contribution is 0.408. The second kappa shape index (κ2) is 6.07. The first-order chi connectivity index (χ1) is 9.06. The molecule has 0 aliphatic heterocycles. The normalized spacial score (nSPS) is 12.5. The van der Waals surface area contributed by atoms with E-state index in [-0.39, 0.29) is 6.04 Å². The Morgan fingerprint density at radius 2 is 1.79 bits per heavy atom. The first-order valence-corrected chi connectivity index (χ1v) is 7.80. The first-order valence-electron chi connectivity index (χ1n) is 6.13. The van der Waals surface area contributed by atoms with Crippen LogP contribution in [0, 0.1) is 13.8 Å². The maximum atomic E-state index is 5.43. The number of hydrogen-bond donors (Lipinski definition) is 1. The molecule has 2 rings (SSSR count). The van der Waals surface area contributed by atoms with Gasteiger partial charge in [-0.15, -0.1) is 11.3 Å². The van der Waals surface area contributed by atoms with E-state index in [0.29, 0.717) is 0 Å². The highest BCUT2D eigenvalue weighted by Gasteiger charge is 2.16. The summed E-state index contributed by atoms with van der Waals surface area (Å²) in [7, 11) is 3.71. The quantitative estimate of drug-likeness (QED) is 0.888. The Bertz CT molecular complexity index is 556. The van der Waals surface area contributed by atoms with E-state index >= 15 is 0 Å². The molecule has 1 N–H and O–H groups in total. The van der Waals surface area contributed by atoms with E-state index < -0.39 is 0 Å². The van der Waals surface area contributed by atoms with Gasteiger partial charge in [-0.05, 0) is 70.5 Å². The van der Waals surface area contributed by atoms with Crippen LogP contribution >= 0.6 is 27.3 Å². The number of aryl methyl sites for hydroxylation is 2. The number of thiophene rings is 1. The SMILES string of the molecule is CNC(c1csc(Br)c1)c1cc(C)c(OC)c(C)c1. The fraction of sp³-hybridized carbons (Fsp3) is 0.333. The topological polar surface area (TPSA) is 21.3 Å². The van der Waals surface area contributed by atoms with Crippen molar-refractivity contribution in [3.8, 4) is 5.75 Å². The average Bonchev–Trinajstić information content (AvgIpc) is 2.76. The van der Waals surface area contributed by atoms with Crippen molar-refractivity contribution in [2.75, 3.05) is 14.2 Å². The van der Waals surface area contributed by atoms with Crippen molar-refractivity contribution in [3.05, 3.63) is 49.6 Å². The smallest absolute Gasteiger partial charge is 0.124 e. The molecular formula is C15H18BrNOS. The van der Waals surface area contributed by atoms with Crippen LogP contribution in [0.3, 0.4) is 0 Å². The van der Waals surface area contributed by atoms with Crippen molar-refractivity contribution in [1.82, 2.24) is 5.32 Å². The summed E-state index contributed by atoms with van der Waals surface area (Å²) >= 11 is 5.24. The van der Waals surface area contributed by atoms with Gasteiger partial charge in [-0.3, -0.25) is 0 Å². The molecule has 4 heteroatoms. The Kier molecular flexibility index (Phi) is 4.66. The van der Waals surface area contributed by atoms with Crippen LogP contribution in [0.25, 0.3) is 0 Å². The van der Waals surface area contributed by atoms with Crippen LogP contribution in [-0.2, 0) is 0 Å². The van der Waals surface area contributed by atoms with Crippen molar-refractivity contribution in [1.29, 1.82) is 0 Å². The third kappa shape index (κ3) is 3.02. The van der Waals surface area contributed by atoms with Gasteiger partial charge in [-0.25, -0.2) is 0 Å². The van der Waals surface area contributed by atoms with Gasteiger partial charge in [0.15, 0.2) is 0 Å². The molecule has 1 heterocycles. The molecule has 0 bridgehead atoms. The largest absolute Gasteiger partial charge is 0.496 e. The van der Waals surface area contributed by atoms with Gasteiger partial charge in [0, 0.05) is 0 Å². The van der Waals surface area contributed by atoms with Gasteiger partial charge >= 0.3 is 0 Å². The monoisotopic (exact) mass is 339 g/mol. The van der Waals surface area contributed by atoms with Crippen molar-refractivity contribution in [3.63, 3.8) is 0 Å². The predicted molar refractivity (Wildman–Crippen MR) is 85.4 cm³/mol. The molecule has 1 aromatic carbocycles. The molecule has 0 saturated heterocycles. The van der Waals surface area contributed by atoms with Gasteiger partial charge < -0.3 is 10.1 Å². The maximum Gasteiger partial charge on any atom is 0.124 e. The van der Waals surface area contributed by atoms with E-state index in [9.17, 15) is 0 Å². The van der Waals surface area contributed by atoms with Crippen LogP contribution in [0.1, 0.15) is 28.3 Å². The fourth-order valence-electron chi connectivity index (χ4n) is 2.47. The van der Waals surface area contributed by atoms with Gasteiger partial charge in [0.1, 0.15) is 5.75 Å². The van der Waals surface area contributed by atoms with E-state index in [2.05, 4.69) is 58.7 Å². The van der Waals surface area contributed by atoms with Gasteiger partial charge in [0.25, 0.3) is 0 Å². The van der Waals surface area contributed by atoms with Crippen molar-refractivity contribution < 1.29 is 4.74 Å². The standard InChI is InChI=1S/C15H18BrNOS/c1-9-5-11(6-10(2)15(9)18-4)14(17-3)12-7-13(16)19-8-12/h5-8,14,17H,1-4H3. The van der Waals surface area contributed by atoms with Gasteiger partial charge in [0.05, 0.1) is 16.9 Å². The summed E-state index contributed by atoms with van der Waals surface area (Å²) in [5.74, 6) is 0.977. The first kappa shape index (κ1) is 14.6. The summed E-state index contributed by atoms with van der Waals surface area (Å²) in [5, 5.41) is 5.57. The average molecular weight is 340 g/mol. The van der Waals surface area contributed by atoms with Crippen LogP contribution in [0.15, 0.2) is 27.4 Å². The summed E-state index contributed by atoms with van der Waals surface area (Å²) in [5.41, 5.74) is 4.89. The van der Waals surface area contributed by atoms with E-state index in [1.165, 1.54) is 22.3 Å². The molecule has 1 atom stereocenters. The molecule has 0 radical (unpaired) electrons. The minimum absolute atomic E-state index is 0.214. The van der Waals surface area contributed by atoms with E-state index in [0.717, 1.165) is 9.54 Å². The summed E-state index contributed by atoms with van der Waals surface area (Å²) in [6, 6.07) is 6.77. The summed E-state index contributed by atoms with van der Waals surface area (Å²) in [6.07, 6.45) is 0. The Labute approximate surface area is 126 Å². The lowest BCUT2D eigenvalue weighted by Gasteiger charge is -2.19. The molecule has 0 aliphatic rings. The molecule has 1 unspecified atom stereocenters. The third-order valence-electron chi connectivity index (χ3n) is 3.23. The Morgan fingerprint density at radius 1 is 1.16 bits per heavy atom. The Morgan fingerprint density at radius 3 is 2.21 bits per heavy atom. The minimum atomic E-state index is 0.214. The zero-order chi connectivity index (χ0) is 14.0. The number of methoxy groups -OCH3 is 1. The number of nitrogens with one attached hydrogen (secondary N) is 1. The lowest BCUT2D eigenvalue weighted by atomic mass is 9.97. The highest BCUT2D eigenvalue weighted by molar-refractivity contribution is 9.11. The zero-order valence-electron chi connectivity index (χ0n) is 11.6. The molecule has 0 saturated carbocycles. The maximum absolute atomic E-state index is 5.43. The van der Waals surface area contributed by atoms with E-state index in [1.54, 1.807) is 18.4 Å². The van der Waals surface area contributed by atoms with Crippen LogP contribution in [0.5, 0.6) is 5.75 Å². The Balaban J connectivity index is 2.44. The summed E-state index contributed by atoms with van der Waals surface area (Å²) in [6.45, 7) is 4.18. The van der Waals surface area contributed by atoms with Crippen LogP contribution in [0.2, 0.25) is 0 Å². The summed E-state index contributed by atoms with van der Waals surface area (Å²) in [4.78, 5) is 0. The molecule has 0 fully saturated rings. The number of rotatable bonds is 4. The molecule has 1 aromatic heterocycles. The molecule has 19 heavy (non-hydrogen) atoms. The second-order valence-electron chi connectivity index (χ2n) is 4.59. The fourth-order valence-corrected chi connectivity index (χ4v) is 3.67. The highest BCUT2D eigenvalue weighted by Crippen LogP contribution is 2.32. The van der Waals surface area contributed by atoms with Gasteiger partial charge in [-0.1, -0.05) is 12.1 Å². The highest BCUT2D eigenvalue weighted by atomic mass is 79.9. The molecule has 102 valence electrons. The van der Waals surface area contributed by atoms with E-state index in [1.807, 2.05) is 7.05 Å². The number of halogens is 1. The number of benzene rings is 1. The third-order valence-corrected chi connectivity index (χ3v) is 4.75. The van der Waals surface area contributed by atoms with E-state index in [4.69, 9.17) is 4.74 Å².